The van der Waals surface area contributed by atoms with Gasteiger partial charge in [-0.1, -0.05) is 28.8 Å². The molecule has 0 aromatic rings. The van der Waals surface area contributed by atoms with Crippen LogP contribution in [-0.2, 0) is 19.1 Å². The van der Waals surface area contributed by atoms with E-state index in [1.54, 1.807) is 11.9 Å². The molecule has 3 rings (SSSR count). The van der Waals surface area contributed by atoms with Crippen molar-refractivity contribution < 1.29 is 24.2 Å². The number of aliphatic hydroxyl groups excluding tert-OH is 1. The molecule has 30 heavy (non-hydrogen) atoms. The van der Waals surface area contributed by atoms with Crippen molar-refractivity contribution in [1.82, 2.24) is 15.5 Å². The SMILES string of the molecule is CNC(=O)[C@H]1[C@@H]2OC3(CC2Br)C(C(=O)NC(C)(C)C)N(CCCCCCO)C(=O)[C@H]13. The molecule has 3 unspecified atom stereocenters. The van der Waals surface area contributed by atoms with Crippen LogP contribution in [0.1, 0.15) is 52.9 Å². The van der Waals surface area contributed by atoms with Gasteiger partial charge in [0.2, 0.25) is 17.7 Å². The van der Waals surface area contributed by atoms with E-state index in [4.69, 9.17) is 9.84 Å². The highest BCUT2D eigenvalue weighted by Crippen LogP contribution is 2.60. The fraction of sp³-hybridized carbons (Fsp3) is 0.857. The normalized spacial score (nSPS) is 34.9. The van der Waals surface area contributed by atoms with Crippen LogP contribution in [0.5, 0.6) is 0 Å². The van der Waals surface area contributed by atoms with Crippen molar-refractivity contribution in [3.63, 3.8) is 0 Å². The first-order valence-electron chi connectivity index (χ1n) is 10.8. The summed E-state index contributed by atoms with van der Waals surface area (Å²) < 4.78 is 6.36. The van der Waals surface area contributed by atoms with Crippen LogP contribution in [0.4, 0.5) is 0 Å². The Morgan fingerprint density at radius 2 is 1.90 bits per heavy atom. The summed E-state index contributed by atoms with van der Waals surface area (Å²) in [5.41, 5.74) is -1.44. The van der Waals surface area contributed by atoms with E-state index < -0.39 is 35.1 Å². The molecule has 3 saturated heterocycles. The second-order valence-corrected chi connectivity index (χ2v) is 10.9. The second kappa shape index (κ2) is 8.74. The maximum atomic E-state index is 13.5. The Morgan fingerprint density at radius 1 is 1.23 bits per heavy atom. The van der Waals surface area contributed by atoms with Gasteiger partial charge in [0.25, 0.3) is 0 Å². The molecular weight excluding hydrogens is 454 g/mol. The third-order valence-electron chi connectivity index (χ3n) is 6.39. The van der Waals surface area contributed by atoms with Crippen molar-refractivity contribution in [2.24, 2.45) is 11.8 Å². The molecule has 0 radical (unpaired) electrons. The molecule has 170 valence electrons. The van der Waals surface area contributed by atoms with Crippen LogP contribution < -0.4 is 10.6 Å². The van der Waals surface area contributed by atoms with E-state index in [-0.39, 0.29) is 29.2 Å². The Balaban J connectivity index is 1.91. The third-order valence-corrected chi connectivity index (χ3v) is 7.24. The Labute approximate surface area is 186 Å². The van der Waals surface area contributed by atoms with Crippen LogP contribution in [0.2, 0.25) is 0 Å². The first-order chi connectivity index (χ1) is 14.1. The van der Waals surface area contributed by atoms with Gasteiger partial charge in [0, 0.05) is 30.6 Å². The zero-order valence-corrected chi connectivity index (χ0v) is 19.8. The van der Waals surface area contributed by atoms with E-state index >= 15 is 0 Å². The van der Waals surface area contributed by atoms with Crippen molar-refractivity contribution in [1.29, 1.82) is 0 Å². The number of carbonyl (C=O) groups excluding carboxylic acids is 3. The number of amides is 3. The molecule has 1 spiro atoms. The molecule has 9 heteroatoms. The van der Waals surface area contributed by atoms with Crippen LogP contribution in [-0.4, -0.2) is 76.0 Å². The topological polar surface area (TPSA) is 108 Å². The average molecular weight is 488 g/mol. The quantitative estimate of drug-likeness (QED) is 0.348. The van der Waals surface area contributed by atoms with Crippen molar-refractivity contribution >= 4 is 33.7 Å². The van der Waals surface area contributed by atoms with Gasteiger partial charge in [-0.05, 0) is 40.0 Å². The molecule has 3 fully saturated rings. The van der Waals surface area contributed by atoms with Gasteiger partial charge in [0.05, 0.1) is 17.9 Å². The molecule has 6 atom stereocenters. The number of fused-ring (bicyclic) bond motifs is 1. The van der Waals surface area contributed by atoms with Gasteiger partial charge in [-0.3, -0.25) is 14.4 Å². The molecule has 2 bridgehead atoms. The average Bonchev–Trinajstić information content (AvgIpc) is 3.23. The Hall–Kier alpha value is -1.19. The smallest absolute Gasteiger partial charge is 0.246 e. The molecule has 3 aliphatic rings. The third kappa shape index (κ3) is 4.00. The Kier molecular flexibility index (Phi) is 6.84. The summed E-state index contributed by atoms with van der Waals surface area (Å²) in [5, 5.41) is 14.7. The van der Waals surface area contributed by atoms with Crippen molar-refractivity contribution in [3.05, 3.63) is 0 Å². The number of ether oxygens (including phenoxy) is 1. The van der Waals surface area contributed by atoms with Gasteiger partial charge >= 0.3 is 0 Å². The maximum absolute atomic E-state index is 13.5. The van der Waals surface area contributed by atoms with Crippen LogP contribution >= 0.6 is 15.9 Å². The lowest BCUT2D eigenvalue weighted by Crippen LogP contribution is -2.58. The summed E-state index contributed by atoms with van der Waals surface area (Å²) in [6.45, 7) is 6.31. The number of likely N-dealkylation sites (tertiary alicyclic amines) is 1. The number of aliphatic hydroxyl groups is 1. The molecule has 8 nitrogen and oxygen atoms in total. The molecule has 3 aliphatic heterocycles. The van der Waals surface area contributed by atoms with Crippen LogP contribution in [0.3, 0.4) is 0 Å². The molecule has 3 amide bonds. The fourth-order valence-corrected chi connectivity index (χ4v) is 6.27. The lowest BCUT2D eigenvalue weighted by Gasteiger charge is -2.36. The van der Waals surface area contributed by atoms with Crippen LogP contribution in [0, 0.1) is 11.8 Å². The van der Waals surface area contributed by atoms with Crippen LogP contribution in [0.15, 0.2) is 0 Å². The Bertz CT molecular complexity index is 697. The lowest BCUT2D eigenvalue weighted by atomic mass is 9.70. The van der Waals surface area contributed by atoms with Gasteiger partial charge in [0.1, 0.15) is 11.6 Å². The standard InChI is InChI=1S/C21H34BrN3O5/c1-20(2,3)24-18(28)16-21-11-12(22)15(30-21)13(17(27)23-4)14(21)19(29)25(16)9-7-5-6-8-10-26/h12-16,26H,5-11H2,1-4H3,(H,23,27)(H,24,28)/t12?,13-,14+,15-,16?,21?/m1/s1. The van der Waals surface area contributed by atoms with Gasteiger partial charge < -0.3 is 25.4 Å². The maximum Gasteiger partial charge on any atom is 0.246 e. The monoisotopic (exact) mass is 487 g/mol. The number of carbonyl (C=O) groups is 3. The van der Waals surface area contributed by atoms with Crippen molar-refractivity contribution in [2.45, 2.75) is 81.0 Å². The number of hydrogen-bond donors (Lipinski definition) is 3. The molecular formula is C21H34BrN3O5. The molecule has 0 aromatic carbocycles. The van der Waals surface area contributed by atoms with Crippen molar-refractivity contribution in [2.75, 3.05) is 20.2 Å². The Morgan fingerprint density at radius 3 is 2.50 bits per heavy atom. The number of nitrogens with zero attached hydrogens (tertiary/aromatic N) is 1. The number of hydrogen-bond acceptors (Lipinski definition) is 5. The predicted octanol–water partition coefficient (Wildman–Crippen LogP) is 0.948. The van der Waals surface area contributed by atoms with Gasteiger partial charge in [-0.25, -0.2) is 0 Å². The van der Waals surface area contributed by atoms with Crippen molar-refractivity contribution in [3.8, 4) is 0 Å². The van der Waals surface area contributed by atoms with Gasteiger partial charge in [-0.2, -0.15) is 0 Å². The summed E-state index contributed by atoms with van der Waals surface area (Å²) in [6, 6.07) is -0.758. The first-order valence-corrected chi connectivity index (χ1v) is 11.8. The highest BCUT2D eigenvalue weighted by atomic mass is 79.9. The largest absolute Gasteiger partial charge is 0.396 e. The van der Waals surface area contributed by atoms with Gasteiger partial charge in [0.15, 0.2) is 0 Å². The summed E-state index contributed by atoms with van der Waals surface area (Å²) in [4.78, 5) is 41.2. The number of rotatable bonds is 8. The zero-order valence-electron chi connectivity index (χ0n) is 18.2. The molecule has 3 heterocycles. The second-order valence-electron chi connectivity index (χ2n) is 9.69. The van der Waals surface area contributed by atoms with E-state index in [1.165, 1.54) is 0 Å². The molecule has 0 aromatic heterocycles. The summed E-state index contributed by atoms with van der Waals surface area (Å²) in [6.07, 6.45) is 3.29. The minimum Gasteiger partial charge on any atom is -0.396 e. The summed E-state index contributed by atoms with van der Waals surface area (Å²) >= 11 is 3.63. The lowest BCUT2D eigenvalue weighted by molar-refractivity contribution is -0.142. The van der Waals surface area contributed by atoms with E-state index in [2.05, 4.69) is 26.6 Å². The van der Waals surface area contributed by atoms with E-state index in [0.717, 1.165) is 25.7 Å². The summed E-state index contributed by atoms with van der Waals surface area (Å²) in [5.74, 6) is -1.87. The van der Waals surface area contributed by atoms with E-state index in [0.29, 0.717) is 13.0 Å². The van der Waals surface area contributed by atoms with E-state index in [1.807, 2.05) is 20.8 Å². The minimum atomic E-state index is -0.993. The fourth-order valence-electron chi connectivity index (χ4n) is 5.32. The van der Waals surface area contributed by atoms with Gasteiger partial charge in [-0.15, -0.1) is 0 Å². The highest BCUT2D eigenvalue weighted by molar-refractivity contribution is 9.09. The highest BCUT2D eigenvalue weighted by Gasteiger charge is 2.76. The predicted molar refractivity (Wildman–Crippen MR) is 115 cm³/mol. The number of unbranched alkanes of at least 4 members (excludes halogenated alkanes) is 3. The number of alkyl halides is 1. The number of nitrogens with one attached hydrogen (secondary N) is 2. The molecule has 0 aliphatic carbocycles. The number of halogens is 1. The van der Waals surface area contributed by atoms with Crippen LogP contribution in [0.25, 0.3) is 0 Å². The zero-order chi connectivity index (χ0) is 22.3. The summed E-state index contributed by atoms with van der Waals surface area (Å²) in [7, 11) is 1.56. The minimum absolute atomic E-state index is 0.0849. The molecule has 3 N–H and O–H groups in total. The first kappa shape index (κ1) is 23.5. The molecule has 0 saturated carbocycles. The van der Waals surface area contributed by atoms with E-state index in [9.17, 15) is 14.4 Å².